The van der Waals surface area contributed by atoms with Gasteiger partial charge in [0.05, 0.1) is 38.2 Å². The summed E-state index contributed by atoms with van der Waals surface area (Å²) in [6.07, 6.45) is 4.20. The third kappa shape index (κ3) is 4.81. The Balaban J connectivity index is 1.67. The van der Waals surface area contributed by atoms with Crippen LogP contribution in [0.1, 0.15) is 12.8 Å². The van der Waals surface area contributed by atoms with Gasteiger partial charge in [0.15, 0.2) is 0 Å². The number of likely N-dealkylation sites (tertiary alicyclic amines) is 1. The van der Waals surface area contributed by atoms with Gasteiger partial charge in [-0.3, -0.25) is 0 Å². The van der Waals surface area contributed by atoms with Crippen LogP contribution in [0.5, 0.6) is 0 Å². The number of carbonyl (C=O) groups is 1. The largest absolute Gasteiger partial charge is 0.453 e. The molecule has 0 bridgehead atoms. The highest BCUT2D eigenvalue weighted by Crippen LogP contribution is 2.29. The van der Waals surface area contributed by atoms with Crippen molar-refractivity contribution in [2.75, 3.05) is 69.1 Å². The summed E-state index contributed by atoms with van der Waals surface area (Å²) < 4.78 is 10.3. The normalized spacial score (nSPS) is 21.3. The lowest BCUT2D eigenvalue weighted by Gasteiger charge is -2.42. The molecule has 2 aromatic rings. The van der Waals surface area contributed by atoms with Gasteiger partial charge in [-0.25, -0.2) is 19.7 Å². The van der Waals surface area contributed by atoms with Crippen LogP contribution in [-0.4, -0.2) is 94.7 Å². The number of ether oxygens (including phenoxy) is 2. The van der Waals surface area contributed by atoms with Gasteiger partial charge in [0.1, 0.15) is 5.82 Å². The third-order valence-corrected chi connectivity index (χ3v) is 5.68. The van der Waals surface area contributed by atoms with Crippen LogP contribution >= 0.6 is 0 Å². The van der Waals surface area contributed by atoms with E-state index in [1.165, 1.54) is 7.11 Å². The van der Waals surface area contributed by atoms with Crippen molar-refractivity contribution in [2.45, 2.75) is 18.4 Å². The number of amides is 1. The van der Waals surface area contributed by atoms with Crippen molar-refractivity contribution in [3.8, 4) is 11.3 Å². The molecule has 0 aliphatic carbocycles. The first kappa shape index (κ1) is 22.0. The molecule has 2 saturated heterocycles. The van der Waals surface area contributed by atoms with E-state index in [0.29, 0.717) is 68.8 Å². The van der Waals surface area contributed by atoms with Gasteiger partial charge in [0.25, 0.3) is 0 Å². The summed E-state index contributed by atoms with van der Waals surface area (Å²) in [6, 6.07) is 1.79. The number of hydrogen-bond acceptors (Lipinski definition) is 11. The molecule has 0 spiro atoms. The second kappa shape index (κ2) is 9.49. The summed E-state index contributed by atoms with van der Waals surface area (Å²) in [4.78, 5) is 33.3. The number of nitrogens with one attached hydrogen (secondary N) is 1. The van der Waals surface area contributed by atoms with Gasteiger partial charge in [0, 0.05) is 50.2 Å². The number of methoxy groups -OCH3 is 1. The molecule has 12 nitrogen and oxygen atoms in total. The number of rotatable bonds is 5. The molecule has 1 atom stereocenters. The van der Waals surface area contributed by atoms with Crippen molar-refractivity contribution in [2.24, 2.45) is 0 Å². The minimum Gasteiger partial charge on any atom is -0.453 e. The van der Waals surface area contributed by atoms with Crippen LogP contribution in [0.3, 0.4) is 0 Å². The van der Waals surface area contributed by atoms with Crippen LogP contribution in [0, 0.1) is 0 Å². The van der Waals surface area contributed by atoms with Crippen LogP contribution in [0.4, 0.5) is 22.5 Å². The number of piperidine rings is 1. The highest BCUT2D eigenvalue weighted by Gasteiger charge is 2.38. The van der Waals surface area contributed by atoms with Gasteiger partial charge in [-0.05, 0) is 12.8 Å². The predicted molar refractivity (Wildman–Crippen MR) is 117 cm³/mol. The van der Waals surface area contributed by atoms with Gasteiger partial charge >= 0.3 is 6.09 Å². The van der Waals surface area contributed by atoms with Crippen LogP contribution in [0.25, 0.3) is 11.3 Å². The van der Waals surface area contributed by atoms with Crippen LogP contribution < -0.4 is 16.0 Å². The number of hydrogen-bond donors (Lipinski definition) is 3. The lowest BCUT2D eigenvalue weighted by Crippen LogP contribution is -2.57. The fourth-order valence-electron chi connectivity index (χ4n) is 3.98. The molecule has 4 rings (SSSR count). The van der Waals surface area contributed by atoms with Crippen molar-refractivity contribution in [3.05, 3.63) is 18.5 Å². The Morgan fingerprint density at radius 2 is 2.03 bits per heavy atom. The molecule has 2 fully saturated rings. The number of nitrogens with two attached hydrogens (primary N) is 1. The monoisotopic (exact) mass is 444 g/mol. The number of nitrogen functional groups attached to an aromatic ring is 1. The van der Waals surface area contributed by atoms with Crippen molar-refractivity contribution in [3.63, 3.8) is 0 Å². The summed E-state index contributed by atoms with van der Waals surface area (Å²) in [5.74, 6) is 1.26. The standard InChI is InChI=1S/C20H28N8O4/c1-31-19(30)28-4-2-3-20(12-28,13-29)26-16-9-15(14-10-22-17(21)23-11-14)24-18(25-16)27-5-7-32-8-6-27/h9-11,29H,2-8,12-13H2,1H3,(H2,21,22,23)(H,24,25,26). The third-order valence-electron chi connectivity index (χ3n) is 5.68. The number of nitrogens with zero attached hydrogens (tertiary/aromatic N) is 6. The molecule has 1 unspecified atom stereocenters. The van der Waals surface area contributed by atoms with Gasteiger partial charge in [-0.1, -0.05) is 0 Å². The second-order valence-electron chi connectivity index (χ2n) is 7.93. The molecule has 4 heterocycles. The van der Waals surface area contributed by atoms with E-state index in [0.717, 1.165) is 6.42 Å². The lowest BCUT2D eigenvalue weighted by atomic mass is 9.90. The fourth-order valence-corrected chi connectivity index (χ4v) is 3.98. The van der Waals surface area contributed by atoms with Crippen LogP contribution in [0.2, 0.25) is 0 Å². The Hall–Kier alpha value is -3.25. The molecule has 1 amide bonds. The number of aromatic nitrogens is 4. The lowest BCUT2D eigenvalue weighted by molar-refractivity contribution is 0.0804. The minimum absolute atomic E-state index is 0.169. The number of aliphatic hydroxyl groups is 1. The molecule has 2 aliphatic heterocycles. The van der Waals surface area contributed by atoms with E-state index in [-0.39, 0.29) is 12.6 Å². The van der Waals surface area contributed by atoms with Gasteiger partial charge in [0.2, 0.25) is 11.9 Å². The number of anilines is 3. The average molecular weight is 444 g/mol. The number of aliphatic hydroxyl groups excluding tert-OH is 1. The molecular weight excluding hydrogens is 416 g/mol. The SMILES string of the molecule is COC(=O)N1CCCC(CO)(Nc2cc(-c3cnc(N)nc3)nc(N3CCOCC3)n2)C1. The molecule has 0 saturated carbocycles. The summed E-state index contributed by atoms with van der Waals surface area (Å²) >= 11 is 0. The first-order valence-electron chi connectivity index (χ1n) is 10.5. The van der Waals surface area contributed by atoms with E-state index >= 15 is 0 Å². The zero-order chi connectivity index (χ0) is 22.6. The van der Waals surface area contributed by atoms with E-state index in [2.05, 4.69) is 15.3 Å². The molecule has 32 heavy (non-hydrogen) atoms. The Kier molecular flexibility index (Phi) is 6.51. The maximum absolute atomic E-state index is 12.1. The first-order chi connectivity index (χ1) is 15.5. The average Bonchev–Trinajstić information content (AvgIpc) is 2.84. The molecule has 12 heteroatoms. The molecule has 2 aromatic heterocycles. The van der Waals surface area contributed by atoms with Gasteiger partial charge in [-0.2, -0.15) is 4.98 Å². The molecule has 172 valence electrons. The molecular formula is C20H28N8O4. The fraction of sp³-hybridized carbons (Fsp3) is 0.550. The molecule has 0 radical (unpaired) electrons. The summed E-state index contributed by atoms with van der Waals surface area (Å²) in [5, 5.41) is 13.6. The van der Waals surface area contributed by atoms with Crippen molar-refractivity contribution in [1.29, 1.82) is 0 Å². The minimum atomic E-state index is -0.752. The summed E-state index contributed by atoms with van der Waals surface area (Å²) in [5.41, 5.74) is 6.19. The Morgan fingerprint density at radius 1 is 1.28 bits per heavy atom. The highest BCUT2D eigenvalue weighted by molar-refractivity contribution is 5.68. The van der Waals surface area contributed by atoms with Crippen LogP contribution in [-0.2, 0) is 9.47 Å². The van der Waals surface area contributed by atoms with E-state index in [1.54, 1.807) is 23.4 Å². The zero-order valence-electron chi connectivity index (χ0n) is 18.0. The maximum Gasteiger partial charge on any atom is 0.409 e. The van der Waals surface area contributed by atoms with E-state index in [4.69, 9.17) is 25.2 Å². The topological polar surface area (TPSA) is 152 Å². The van der Waals surface area contributed by atoms with Crippen molar-refractivity contribution in [1.82, 2.24) is 24.8 Å². The summed E-state index contributed by atoms with van der Waals surface area (Å²) in [6.45, 7) is 3.23. The first-order valence-corrected chi connectivity index (χ1v) is 10.5. The van der Waals surface area contributed by atoms with Crippen molar-refractivity contribution < 1.29 is 19.4 Å². The molecule has 2 aliphatic rings. The zero-order valence-corrected chi connectivity index (χ0v) is 18.0. The van der Waals surface area contributed by atoms with E-state index < -0.39 is 11.6 Å². The Bertz CT molecular complexity index is 938. The molecule has 0 aromatic carbocycles. The highest BCUT2D eigenvalue weighted by atomic mass is 16.5. The summed E-state index contributed by atoms with van der Waals surface area (Å²) in [7, 11) is 1.35. The van der Waals surface area contributed by atoms with Crippen LogP contribution in [0.15, 0.2) is 18.5 Å². The van der Waals surface area contributed by atoms with Gasteiger partial charge in [-0.15, -0.1) is 0 Å². The van der Waals surface area contributed by atoms with E-state index in [1.807, 2.05) is 4.90 Å². The quantitative estimate of drug-likeness (QED) is 0.586. The van der Waals surface area contributed by atoms with Crippen molar-refractivity contribution >= 4 is 23.8 Å². The number of morpholine rings is 1. The number of carbonyl (C=O) groups excluding carboxylic acids is 1. The maximum atomic E-state index is 12.1. The predicted octanol–water partition coefficient (Wildman–Crippen LogP) is 0.358. The molecule has 4 N–H and O–H groups in total. The van der Waals surface area contributed by atoms with Gasteiger partial charge < -0.3 is 35.4 Å². The van der Waals surface area contributed by atoms with E-state index in [9.17, 15) is 9.90 Å². The second-order valence-corrected chi connectivity index (χ2v) is 7.93. The Labute approximate surface area is 185 Å². The smallest absolute Gasteiger partial charge is 0.409 e. The Morgan fingerprint density at radius 3 is 2.72 bits per heavy atom.